The lowest BCUT2D eigenvalue weighted by molar-refractivity contribution is 0.669. The number of hydrogen-bond donors (Lipinski definition) is 0. The predicted molar refractivity (Wildman–Crippen MR) is 248 cm³/mol. The van der Waals surface area contributed by atoms with E-state index in [0.717, 1.165) is 77.2 Å². The summed E-state index contributed by atoms with van der Waals surface area (Å²) in [5, 5.41) is 11.2. The molecule has 5 heteroatoms. The van der Waals surface area contributed by atoms with Crippen LogP contribution in [-0.4, -0.2) is 15.0 Å². The lowest BCUT2D eigenvalue weighted by atomic mass is 10.0. The largest absolute Gasteiger partial charge is 0.454 e. The zero-order valence-electron chi connectivity index (χ0n) is 32.3. The van der Waals surface area contributed by atoms with Crippen molar-refractivity contribution in [3.8, 4) is 34.2 Å². The molecule has 10 aromatic carbocycles. The number of nitrogens with zero attached hydrogens (tertiary/aromatic N) is 4. The van der Waals surface area contributed by atoms with Crippen molar-refractivity contribution >= 4 is 82.1 Å². The molecule has 0 fully saturated rings. The van der Waals surface area contributed by atoms with E-state index in [4.69, 9.17) is 19.4 Å². The van der Waals surface area contributed by atoms with Crippen LogP contribution in [0.5, 0.6) is 0 Å². The first kappa shape index (κ1) is 33.9. The van der Waals surface area contributed by atoms with Crippen LogP contribution in [0.4, 0.5) is 17.1 Å². The van der Waals surface area contributed by atoms with E-state index in [0.29, 0.717) is 17.5 Å². The fraction of sp³-hybridized carbons (Fsp3) is 0. The molecule has 0 N–H and O–H groups in total. The van der Waals surface area contributed by atoms with Gasteiger partial charge in [-0.25, -0.2) is 15.0 Å². The van der Waals surface area contributed by atoms with Crippen LogP contribution in [0, 0.1) is 0 Å². The van der Waals surface area contributed by atoms with Gasteiger partial charge in [0.2, 0.25) is 0 Å². The number of rotatable bonds is 6. The fourth-order valence-electron chi connectivity index (χ4n) is 8.63. The van der Waals surface area contributed by atoms with Gasteiger partial charge >= 0.3 is 0 Å². The monoisotopic (exact) mass is 766 g/mol. The predicted octanol–water partition coefficient (Wildman–Crippen LogP) is 14.9. The smallest absolute Gasteiger partial charge is 0.164 e. The minimum Gasteiger partial charge on any atom is -0.454 e. The topological polar surface area (TPSA) is 55.1 Å². The Kier molecular flexibility index (Phi) is 7.78. The summed E-state index contributed by atoms with van der Waals surface area (Å²) < 4.78 is 6.97. The molecule has 5 nitrogen and oxygen atoms in total. The van der Waals surface area contributed by atoms with Crippen molar-refractivity contribution in [3.63, 3.8) is 0 Å². The standard InChI is InChI=1S/C55H34N4O/c1-2-19-45(20-3-1)59(46-28-26-37-14-6-9-17-40(37)32-46)51-47-21-11-10-18-41(47)33-49-48-34-44(27-29-50(48)60-52(49)51)55-57-53(42-24-22-35-12-4-7-15-38(35)30-42)56-54(58-55)43-25-23-36-13-5-8-16-39(36)31-43/h1-34H. The van der Waals surface area contributed by atoms with Crippen LogP contribution in [0.25, 0.3) is 99.2 Å². The van der Waals surface area contributed by atoms with Gasteiger partial charge in [0.15, 0.2) is 23.1 Å². The third kappa shape index (κ3) is 5.75. The lowest BCUT2D eigenvalue weighted by Crippen LogP contribution is -2.10. The average molecular weight is 767 g/mol. The third-order valence-corrected chi connectivity index (χ3v) is 11.6. The first-order chi connectivity index (χ1) is 29.7. The normalized spacial score (nSPS) is 11.7. The highest BCUT2D eigenvalue weighted by Crippen LogP contribution is 2.47. The second kappa shape index (κ2) is 13.8. The van der Waals surface area contributed by atoms with Crippen LogP contribution < -0.4 is 4.90 Å². The van der Waals surface area contributed by atoms with Crippen LogP contribution in [0.3, 0.4) is 0 Å². The molecule has 0 aliphatic heterocycles. The molecule has 2 heterocycles. The first-order valence-electron chi connectivity index (χ1n) is 20.2. The van der Waals surface area contributed by atoms with Crippen molar-refractivity contribution in [2.45, 2.75) is 0 Å². The van der Waals surface area contributed by atoms with E-state index in [2.05, 4.69) is 211 Å². The van der Waals surface area contributed by atoms with Gasteiger partial charge in [0, 0.05) is 44.2 Å². The van der Waals surface area contributed by atoms with Crippen molar-refractivity contribution in [2.24, 2.45) is 0 Å². The Bertz CT molecular complexity index is 3530. The fourth-order valence-corrected chi connectivity index (χ4v) is 8.63. The molecule has 12 rings (SSSR count). The third-order valence-electron chi connectivity index (χ3n) is 11.6. The number of hydrogen-bond acceptors (Lipinski definition) is 5. The molecule has 0 bridgehead atoms. The molecule has 2 aromatic heterocycles. The van der Waals surface area contributed by atoms with Crippen LogP contribution in [-0.2, 0) is 0 Å². The SMILES string of the molecule is c1ccc(N(c2ccc3ccccc3c2)c2c3ccccc3cc3c2oc2ccc(-c4nc(-c5ccc6ccccc6c5)nc(-c5ccc6ccccc6c5)n4)cc23)cc1. The van der Waals surface area contributed by atoms with Crippen molar-refractivity contribution in [1.82, 2.24) is 15.0 Å². The molecule has 0 saturated heterocycles. The Balaban J connectivity index is 1.08. The van der Waals surface area contributed by atoms with E-state index in [9.17, 15) is 0 Å². The molecule has 12 aromatic rings. The first-order valence-corrected chi connectivity index (χ1v) is 20.2. The molecule has 0 aliphatic carbocycles. The second-order valence-electron chi connectivity index (χ2n) is 15.3. The van der Waals surface area contributed by atoms with E-state index in [1.54, 1.807) is 0 Å². The highest BCUT2D eigenvalue weighted by molar-refractivity contribution is 6.20. The minimum absolute atomic E-state index is 0.593. The van der Waals surface area contributed by atoms with Crippen LogP contribution in [0.2, 0.25) is 0 Å². The number of furan rings is 1. The Labute approximate surface area is 345 Å². The number of aromatic nitrogens is 3. The molecule has 0 radical (unpaired) electrons. The molecule has 280 valence electrons. The Hall–Kier alpha value is -8.15. The number of para-hydroxylation sites is 1. The van der Waals surface area contributed by atoms with E-state index in [1.807, 2.05) is 0 Å². The average Bonchev–Trinajstić information content (AvgIpc) is 3.68. The van der Waals surface area contributed by atoms with Crippen molar-refractivity contribution in [2.75, 3.05) is 4.90 Å². The van der Waals surface area contributed by atoms with E-state index in [-0.39, 0.29) is 0 Å². The summed E-state index contributed by atoms with van der Waals surface area (Å²) in [6.07, 6.45) is 0. The molecular formula is C55H34N4O. The molecule has 60 heavy (non-hydrogen) atoms. The van der Waals surface area contributed by atoms with Gasteiger partial charge < -0.3 is 9.32 Å². The summed E-state index contributed by atoms with van der Waals surface area (Å²) in [6.45, 7) is 0. The molecule has 0 spiro atoms. The van der Waals surface area contributed by atoms with Crippen molar-refractivity contribution < 1.29 is 4.42 Å². The van der Waals surface area contributed by atoms with E-state index >= 15 is 0 Å². The van der Waals surface area contributed by atoms with E-state index < -0.39 is 0 Å². The van der Waals surface area contributed by atoms with Crippen molar-refractivity contribution in [1.29, 1.82) is 0 Å². The lowest BCUT2D eigenvalue weighted by Gasteiger charge is -2.27. The summed E-state index contributed by atoms with van der Waals surface area (Å²) in [5.74, 6) is 1.83. The van der Waals surface area contributed by atoms with E-state index in [1.165, 1.54) is 21.5 Å². The van der Waals surface area contributed by atoms with Gasteiger partial charge in [-0.2, -0.15) is 0 Å². The maximum atomic E-state index is 6.97. The summed E-state index contributed by atoms with van der Waals surface area (Å²) in [7, 11) is 0. The summed E-state index contributed by atoms with van der Waals surface area (Å²) in [5.41, 5.74) is 7.41. The maximum absolute atomic E-state index is 6.97. The zero-order chi connectivity index (χ0) is 39.6. The molecule has 0 aliphatic rings. The number of anilines is 3. The molecule has 0 saturated carbocycles. The van der Waals surface area contributed by atoms with Gasteiger partial charge in [0.05, 0.1) is 5.69 Å². The van der Waals surface area contributed by atoms with Gasteiger partial charge in [-0.15, -0.1) is 0 Å². The van der Waals surface area contributed by atoms with Crippen molar-refractivity contribution in [3.05, 3.63) is 206 Å². The summed E-state index contributed by atoms with van der Waals surface area (Å²) in [6, 6.07) is 72.3. The highest BCUT2D eigenvalue weighted by atomic mass is 16.3. The number of fused-ring (bicyclic) bond motifs is 7. The van der Waals surface area contributed by atoms with Gasteiger partial charge in [-0.05, 0) is 98.4 Å². The second-order valence-corrected chi connectivity index (χ2v) is 15.3. The quantitative estimate of drug-likeness (QED) is 0.169. The Morgan fingerprint density at radius 3 is 1.42 bits per heavy atom. The molecule has 0 amide bonds. The van der Waals surface area contributed by atoms with Crippen LogP contribution >= 0.6 is 0 Å². The van der Waals surface area contributed by atoms with Gasteiger partial charge in [-0.1, -0.05) is 146 Å². The Morgan fingerprint density at radius 2 is 0.800 bits per heavy atom. The molecule has 0 atom stereocenters. The highest BCUT2D eigenvalue weighted by Gasteiger charge is 2.24. The summed E-state index contributed by atoms with van der Waals surface area (Å²) >= 11 is 0. The summed E-state index contributed by atoms with van der Waals surface area (Å²) in [4.78, 5) is 17.8. The molecule has 0 unspecified atom stereocenters. The minimum atomic E-state index is 0.593. The number of benzene rings is 10. The van der Waals surface area contributed by atoms with Gasteiger partial charge in [0.25, 0.3) is 0 Å². The van der Waals surface area contributed by atoms with Gasteiger partial charge in [0.1, 0.15) is 5.58 Å². The molecular weight excluding hydrogens is 733 g/mol. The maximum Gasteiger partial charge on any atom is 0.164 e. The van der Waals surface area contributed by atoms with Crippen LogP contribution in [0.15, 0.2) is 211 Å². The zero-order valence-corrected chi connectivity index (χ0v) is 32.3. The van der Waals surface area contributed by atoms with Gasteiger partial charge in [-0.3, -0.25) is 0 Å². The van der Waals surface area contributed by atoms with Crippen LogP contribution in [0.1, 0.15) is 0 Å². The Morgan fingerprint density at radius 1 is 0.317 bits per heavy atom.